The Morgan fingerprint density at radius 2 is 2.44 bits per heavy atom. The minimum Gasteiger partial charge on any atom is -0.470 e. The molecule has 3 heterocycles. The van der Waals surface area contributed by atoms with Crippen LogP contribution in [0.2, 0.25) is 0 Å². The number of carbonyl (C=O) groups excluding carboxylic acids is 1. The fraction of sp³-hybridized carbons (Fsp3) is 0.545. The molecule has 1 fully saturated rings. The minimum absolute atomic E-state index is 0.224. The maximum absolute atomic E-state index is 12.2. The van der Waals surface area contributed by atoms with E-state index in [0.29, 0.717) is 24.5 Å². The molecular formula is C11H13N5O2. The van der Waals surface area contributed by atoms with E-state index < -0.39 is 5.60 Å². The Morgan fingerprint density at radius 3 is 3.11 bits per heavy atom. The number of nitriles is 1. The molecule has 0 aromatic carbocycles. The molecule has 0 saturated carbocycles. The number of anilines is 1. The predicted molar refractivity (Wildman–Crippen MR) is 61.8 cm³/mol. The Bertz CT molecular complexity index is 560. The first kappa shape index (κ1) is 11.0. The van der Waals surface area contributed by atoms with Crippen molar-refractivity contribution in [3.05, 3.63) is 6.20 Å². The van der Waals surface area contributed by atoms with Crippen molar-refractivity contribution in [2.24, 2.45) is 7.05 Å². The molecule has 0 aliphatic carbocycles. The van der Waals surface area contributed by atoms with E-state index in [0.717, 1.165) is 0 Å². The molecule has 0 unspecified atom stereocenters. The van der Waals surface area contributed by atoms with Gasteiger partial charge in [-0.25, -0.2) is 0 Å². The molecule has 2 aliphatic rings. The first-order valence-electron chi connectivity index (χ1n) is 5.68. The van der Waals surface area contributed by atoms with Gasteiger partial charge in [0.15, 0.2) is 11.6 Å². The molecule has 1 spiro atoms. The highest BCUT2D eigenvalue weighted by Gasteiger charge is 2.53. The average molecular weight is 247 g/mol. The highest BCUT2D eigenvalue weighted by atomic mass is 16.5. The van der Waals surface area contributed by atoms with Crippen LogP contribution in [0.3, 0.4) is 0 Å². The van der Waals surface area contributed by atoms with Crippen molar-refractivity contribution < 1.29 is 9.53 Å². The molecule has 1 amide bonds. The SMILES string of the molecule is CN1C[C@@]2(C[C@H]1C#N)Oc1cn(C)nc1NC2=O. The van der Waals surface area contributed by atoms with Crippen LogP contribution in [0.1, 0.15) is 6.42 Å². The van der Waals surface area contributed by atoms with Crippen molar-refractivity contribution in [1.82, 2.24) is 14.7 Å². The number of ether oxygens (including phenoxy) is 1. The van der Waals surface area contributed by atoms with Gasteiger partial charge in [-0.2, -0.15) is 10.4 Å². The Hall–Kier alpha value is -2.07. The fourth-order valence-corrected chi connectivity index (χ4v) is 2.53. The van der Waals surface area contributed by atoms with Crippen molar-refractivity contribution in [1.29, 1.82) is 5.26 Å². The van der Waals surface area contributed by atoms with Gasteiger partial charge in [0.1, 0.15) is 6.04 Å². The maximum Gasteiger partial charge on any atom is 0.271 e. The number of likely N-dealkylation sites (N-methyl/N-ethyl adjacent to an activating group) is 1. The number of amides is 1. The molecule has 1 saturated heterocycles. The van der Waals surface area contributed by atoms with Gasteiger partial charge in [-0.05, 0) is 7.05 Å². The van der Waals surface area contributed by atoms with Crippen molar-refractivity contribution >= 4 is 11.7 Å². The van der Waals surface area contributed by atoms with Crippen LogP contribution >= 0.6 is 0 Å². The average Bonchev–Trinajstić information content (AvgIpc) is 2.80. The summed E-state index contributed by atoms with van der Waals surface area (Å²) < 4.78 is 7.42. The number of nitrogens with zero attached hydrogens (tertiary/aromatic N) is 4. The van der Waals surface area contributed by atoms with Crippen LogP contribution in [0.4, 0.5) is 5.82 Å². The van der Waals surface area contributed by atoms with Crippen molar-refractivity contribution in [2.45, 2.75) is 18.1 Å². The van der Waals surface area contributed by atoms with Crippen LogP contribution in [0.25, 0.3) is 0 Å². The lowest BCUT2D eigenvalue weighted by Crippen LogP contribution is -2.52. The topological polar surface area (TPSA) is 83.2 Å². The summed E-state index contributed by atoms with van der Waals surface area (Å²) in [5.74, 6) is 0.776. The number of likely N-dealkylation sites (tertiary alicyclic amines) is 1. The molecule has 94 valence electrons. The third-order valence-electron chi connectivity index (χ3n) is 3.46. The summed E-state index contributed by atoms with van der Waals surface area (Å²) in [6.45, 7) is 0.408. The number of hydrogen-bond acceptors (Lipinski definition) is 5. The molecule has 1 N–H and O–H groups in total. The summed E-state index contributed by atoms with van der Waals surface area (Å²) in [6, 6.07) is 1.88. The molecule has 3 rings (SSSR count). The second-order valence-corrected chi connectivity index (χ2v) is 4.83. The second kappa shape index (κ2) is 3.46. The zero-order valence-electron chi connectivity index (χ0n) is 10.2. The van der Waals surface area contributed by atoms with E-state index in [1.54, 1.807) is 17.9 Å². The number of aromatic nitrogens is 2. The number of fused-ring (bicyclic) bond motifs is 1. The lowest BCUT2D eigenvalue weighted by atomic mass is 9.98. The fourth-order valence-electron chi connectivity index (χ4n) is 2.53. The van der Waals surface area contributed by atoms with Crippen molar-refractivity contribution in [3.8, 4) is 11.8 Å². The quantitative estimate of drug-likeness (QED) is 0.681. The van der Waals surface area contributed by atoms with Crippen molar-refractivity contribution in [2.75, 3.05) is 18.9 Å². The summed E-state index contributed by atoms with van der Waals surface area (Å²) in [5.41, 5.74) is -0.967. The van der Waals surface area contributed by atoms with Gasteiger partial charge in [0.25, 0.3) is 5.91 Å². The first-order chi connectivity index (χ1) is 8.54. The van der Waals surface area contributed by atoms with E-state index in [1.165, 1.54) is 0 Å². The lowest BCUT2D eigenvalue weighted by Gasteiger charge is -2.31. The van der Waals surface area contributed by atoms with E-state index in [4.69, 9.17) is 10.00 Å². The van der Waals surface area contributed by atoms with Crippen LogP contribution in [-0.2, 0) is 11.8 Å². The monoisotopic (exact) mass is 247 g/mol. The van der Waals surface area contributed by atoms with E-state index in [9.17, 15) is 4.79 Å². The third kappa shape index (κ3) is 1.39. The minimum atomic E-state index is -0.967. The number of nitrogens with one attached hydrogen (secondary N) is 1. The molecule has 1 aromatic heterocycles. The molecular weight excluding hydrogens is 234 g/mol. The largest absolute Gasteiger partial charge is 0.470 e. The van der Waals surface area contributed by atoms with Crippen LogP contribution in [0.15, 0.2) is 6.20 Å². The summed E-state index contributed by atoms with van der Waals surface area (Å²) >= 11 is 0. The van der Waals surface area contributed by atoms with Gasteiger partial charge in [0.2, 0.25) is 5.60 Å². The van der Waals surface area contributed by atoms with Crippen LogP contribution in [0, 0.1) is 11.3 Å². The van der Waals surface area contributed by atoms with E-state index >= 15 is 0 Å². The van der Waals surface area contributed by atoms with Crippen LogP contribution < -0.4 is 10.1 Å². The molecule has 18 heavy (non-hydrogen) atoms. The maximum atomic E-state index is 12.2. The van der Waals surface area contributed by atoms with Gasteiger partial charge in [0.05, 0.1) is 12.3 Å². The zero-order valence-corrected chi connectivity index (χ0v) is 10.2. The van der Waals surface area contributed by atoms with Gasteiger partial charge < -0.3 is 10.1 Å². The Morgan fingerprint density at radius 1 is 1.67 bits per heavy atom. The normalized spacial score (nSPS) is 30.7. The van der Waals surface area contributed by atoms with E-state index in [1.807, 2.05) is 11.9 Å². The molecule has 0 radical (unpaired) electrons. The van der Waals surface area contributed by atoms with Gasteiger partial charge in [-0.15, -0.1) is 0 Å². The molecule has 1 aromatic rings. The molecule has 7 nitrogen and oxygen atoms in total. The smallest absolute Gasteiger partial charge is 0.271 e. The number of hydrogen-bond donors (Lipinski definition) is 1. The summed E-state index contributed by atoms with van der Waals surface area (Å²) in [6.07, 6.45) is 2.09. The van der Waals surface area contributed by atoms with Crippen LogP contribution in [0.5, 0.6) is 5.75 Å². The first-order valence-corrected chi connectivity index (χ1v) is 5.68. The summed E-state index contributed by atoms with van der Waals surface area (Å²) in [5, 5.41) is 15.9. The van der Waals surface area contributed by atoms with Gasteiger partial charge in [-0.3, -0.25) is 14.4 Å². The molecule has 2 aliphatic heterocycles. The lowest BCUT2D eigenvalue weighted by molar-refractivity contribution is -0.131. The molecule has 0 bridgehead atoms. The predicted octanol–water partition coefficient (Wildman–Crippen LogP) is -0.283. The number of carbonyl (C=O) groups is 1. The van der Waals surface area contributed by atoms with Crippen LogP contribution in [-0.4, -0.2) is 45.8 Å². The summed E-state index contributed by atoms with van der Waals surface area (Å²) in [7, 11) is 3.58. The van der Waals surface area contributed by atoms with Gasteiger partial charge in [-0.1, -0.05) is 0 Å². The van der Waals surface area contributed by atoms with E-state index in [-0.39, 0.29) is 11.9 Å². The third-order valence-corrected chi connectivity index (χ3v) is 3.46. The Balaban J connectivity index is 1.96. The van der Waals surface area contributed by atoms with Crippen molar-refractivity contribution in [3.63, 3.8) is 0 Å². The molecule has 2 atom stereocenters. The number of aryl methyl sites for hydroxylation is 1. The highest BCUT2D eigenvalue weighted by molar-refractivity contribution is 6.00. The van der Waals surface area contributed by atoms with Gasteiger partial charge in [0, 0.05) is 20.0 Å². The zero-order chi connectivity index (χ0) is 12.9. The second-order valence-electron chi connectivity index (χ2n) is 4.83. The number of rotatable bonds is 0. The summed E-state index contributed by atoms with van der Waals surface area (Å²) in [4.78, 5) is 14.0. The molecule has 7 heteroatoms. The Kier molecular flexibility index (Phi) is 2.12. The highest BCUT2D eigenvalue weighted by Crippen LogP contribution is 2.38. The Labute approximate surface area is 104 Å². The van der Waals surface area contributed by atoms with Gasteiger partial charge >= 0.3 is 0 Å². The standard InChI is InChI=1S/C11H13N5O2/c1-15-6-11(3-7(15)4-12)10(17)13-9-8(18-11)5-16(2)14-9/h5,7H,3,6H2,1-2H3,(H,13,14,17)/t7-,11+/m0/s1. The van der Waals surface area contributed by atoms with E-state index in [2.05, 4.69) is 16.5 Å².